The van der Waals surface area contributed by atoms with Crippen molar-refractivity contribution in [2.75, 3.05) is 0 Å². The van der Waals surface area contributed by atoms with Crippen LogP contribution in [0.4, 0.5) is 0 Å². The van der Waals surface area contributed by atoms with Gasteiger partial charge in [-0.15, -0.1) is 0 Å². The maximum absolute atomic E-state index is 5.76. The van der Waals surface area contributed by atoms with Crippen molar-refractivity contribution >= 4 is 16.8 Å². The van der Waals surface area contributed by atoms with E-state index in [-0.39, 0.29) is 5.41 Å². The summed E-state index contributed by atoms with van der Waals surface area (Å²) in [5.74, 6) is 0. The van der Waals surface area contributed by atoms with Crippen LogP contribution in [0.2, 0.25) is 0 Å². The lowest BCUT2D eigenvalue weighted by Gasteiger charge is -2.17. The first-order valence-electron chi connectivity index (χ1n) is 3.80. The Bertz CT molecular complexity index is 174. The topological polar surface area (TPSA) is 12.4 Å². The SMILES string of the molecule is C=C(/N=C(/Cl)CC)C(C)(C)C. The molecule has 0 aromatic rings. The van der Waals surface area contributed by atoms with E-state index in [2.05, 4.69) is 32.3 Å². The number of aliphatic imine (C=N–C) groups is 1. The number of hydrogen-bond acceptors (Lipinski definition) is 1. The molecule has 0 bridgehead atoms. The summed E-state index contributed by atoms with van der Waals surface area (Å²) in [5.41, 5.74) is 0.860. The molecule has 64 valence electrons. The molecular weight excluding hydrogens is 158 g/mol. The summed E-state index contributed by atoms with van der Waals surface area (Å²) in [5, 5.41) is 0.630. The molecule has 0 radical (unpaired) electrons. The minimum Gasteiger partial charge on any atom is -0.246 e. The highest BCUT2D eigenvalue weighted by Crippen LogP contribution is 2.24. The Morgan fingerprint density at radius 2 is 1.91 bits per heavy atom. The van der Waals surface area contributed by atoms with Gasteiger partial charge >= 0.3 is 0 Å². The van der Waals surface area contributed by atoms with Gasteiger partial charge in [0.2, 0.25) is 0 Å². The van der Waals surface area contributed by atoms with Gasteiger partial charge in [0, 0.05) is 11.1 Å². The third kappa shape index (κ3) is 4.20. The highest BCUT2D eigenvalue weighted by Gasteiger charge is 2.13. The van der Waals surface area contributed by atoms with E-state index in [1.165, 1.54) is 0 Å². The van der Waals surface area contributed by atoms with Crippen LogP contribution in [0.1, 0.15) is 34.1 Å². The molecule has 0 saturated heterocycles. The summed E-state index contributed by atoms with van der Waals surface area (Å²) in [4.78, 5) is 4.15. The van der Waals surface area contributed by atoms with Crippen LogP contribution >= 0.6 is 11.6 Å². The second-order valence-electron chi connectivity index (χ2n) is 3.54. The van der Waals surface area contributed by atoms with E-state index < -0.39 is 0 Å². The second kappa shape index (κ2) is 3.91. The lowest BCUT2D eigenvalue weighted by molar-refractivity contribution is 0.500. The van der Waals surface area contributed by atoms with Crippen LogP contribution in [0.15, 0.2) is 17.3 Å². The van der Waals surface area contributed by atoms with E-state index in [4.69, 9.17) is 11.6 Å². The molecule has 0 unspecified atom stereocenters. The highest BCUT2D eigenvalue weighted by molar-refractivity contribution is 6.65. The average molecular weight is 174 g/mol. The van der Waals surface area contributed by atoms with Crippen LogP contribution in [-0.2, 0) is 0 Å². The zero-order valence-corrected chi connectivity index (χ0v) is 8.50. The number of nitrogens with zero attached hydrogens (tertiary/aromatic N) is 1. The number of halogens is 1. The predicted octanol–water partition coefficient (Wildman–Crippen LogP) is 3.59. The smallest absolute Gasteiger partial charge is 0.106 e. The van der Waals surface area contributed by atoms with Gasteiger partial charge in [-0.05, 0) is 6.42 Å². The third-order valence-corrected chi connectivity index (χ3v) is 1.77. The highest BCUT2D eigenvalue weighted by atomic mass is 35.5. The van der Waals surface area contributed by atoms with Gasteiger partial charge in [0.05, 0.1) is 0 Å². The van der Waals surface area contributed by atoms with Crippen LogP contribution in [0.3, 0.4) is 0 Å². The molecule has 0 atom stereocenters. The fourth-order valence-corrected chi connectivity index (χ4v) is 0.495. The maximum Gasteiger partial charge on any atom is 0.106 e. The molecule has 0 N–H and O–H groups in total. The van der Waals surface area contributed by atoms with E-state index in [1.807, 2.05) is 6.92 Å². The molecule has 0 aromatic heterocycles. The fourth-order valence-electron chi connectivity index (χ4n) is 0.393. The van der Waals surface area contributed by atoms with Gasteiger partial charge in [0.15, 0.2) is 0 Å². The quantitative estimate of drug-likeness (QED) is 0.566. The van der Waals surface area contributed by atoms with E-state index >= 15 is 0 Å². The molecular formula is C9H16ClN. The maximum atomic E-state index is 5.76. The molecule has 11 heavy (non-hydrogen) atoms. The van der Waals surface area contributed by atoms with Crippen molar-refractivity contribution in [3.63, 3.8) is 0 Å². The summed E-state index contributed by atoms with van der Waals surface area (Å²) in [6, 6.07) is 0. The predicted molar refractivity (Wildman–Crippen MR) is 52.2 cm³/mol. The molecule has 0 fully saturated rings. The van der Waals surface area contributed by atoms with Crippen molar-refractivity contribution in [2.24, 2.45) is 10.4 Å². The number of rotatable bonds is 2. The van der Waals surface area contributed by atoms with E-state index in [9.17, 15) is 0 Å². The van der Waals surface area contributed by atoms with Crippen LogP contribution in [0, 0.1) is 5.41 Å². The van der Waals surface area contributed by atoms with Crippen LogP contribution < -0.4 is 0 Å². The van der Waals surface area contributed by atoms with Gasteiger partial charge in [-0.25, -0.2) is 4.99 Å². The molecule has 0 aliphatic heterocycles. The summed E-state index contributed by atoms with van der Waals surface area (Å²) in [6.07, 6.45) is 0.774. The molecule has 0 spiro atoms. The lowest BCUT2D eigenvalue weighted by Crippen LogP contribution is -2.07. The number of hydrogen-bond donors (Lipinski definition) is 0. The van der Waals surface area contributed by atoms with Crippen molar-refractivity contribution in [2.45, 2.75) is 34.1 Å². The Morgan fingerprint density at radius 3 is 2.18 bits per heavy atom. The van der Waals surface area contributed by atoms with Gasteiger partial charge in [-0.1, -0.05) is 45.9 Å². The first-order valence-corrected chi connectivity index (χ1v) is 4.18. The molecule has 0 amide bonds. The Balaban J connectivity index is 4.30. The largest absolute Gasteiger partial charge is 0.246 e. The minimum absolute atomic E-state index is 0.0231. The van der Waals surface area contributed by atoms with Crippen molar-refractivity contribution in [1.29, 1.82) is 0 Å². The first kappa shape index (κ1) is 10.7. The third-order valence-electron chi connectivity index (χ3n) is 1.41. The molecule has 0 aliphatic rings. The Kier molecular flexibility index (Phi) is 3.81. The number of allylic oxidation sites excluding steroid dienone is 1. The molecule has 0 rings (SSSR count). The van der Waals surface area contributed by atoms with Crippen LogP contribution in [0.5, 0.6) is 0 Å². The van der Waals surface area contributed by atoms with Crippen molar-refractivity contribution in [1.82, 2.24) is 0 Å². The first-order chi connectivity index (χ1) is 4.88. The Labute approximate surface area is 74.2 Å². The monoisotopic (exact) mass is 173 g/mol. The zero-order chi connectivity index (χ0) is 9.07. The summed E-state index contributed by atoms with van der Waals surface area (Å²) in [6.45, 7) is 12.0. The van der Waals surface area contributed by atoms with Crippen molar-refractivity contribution < 1.29 is 0 Å². The van der Waals surface area contributed by atoms with Gasteiger partial charge < -0.3 is 0 Å². The van der Waals surface area contributed by atoms with Gasteiger partial charge in [0.1, 0.15) is 5.17 Å². The normalized spacial score (nSPS) is 13.4. The van der Waals surface area contributed by atoms with E-state index in [1.54, 1.807) is 0 Å². The van der Waals surface area contributed by atoms with Gasteiger partial charge in [0.25, 0.3) is 0 Å². The molecule has 0 saturated carbocycles. The molecule has 2 heteroatoms. The standard InChI is InChI=1S/C9H16ClN/c1-6-8(10)11-7(2)9(3,4)5/h2,6H2,1,3-5H3/b11-8+. The van der Waals surface area contributed by atoms with Crippen LogP contribution in [-0.4, -0.2) is 5.17 Å². The zero-order valence-electron chi connectivity index (χ0n) is 7.74. The molecule has 1 nitrogen and oxygen atoms in total. The average Bonchev–Trinajstić information content (AvgIpc) is 1.85. The van der Waals surface area contributed by atoms with E-state index in [0.29, 0.717) is 5.17 Å². The van der Waals surface area contributed by atoms with Gasteiger partial charge in [-0.2, -0.15) is 0 Å². The summed E-state index contributed by atoms with van der Waals surface area (Å²) < 4.78 is 0. The molecule has 0 heterocycles. The van der Waals surface area contributed by atoms with E-state index in [0.717, 1.165) is 12.1 Å². The second-order valence-corrected chi connectivity index (χ2v) is 3.97. The van der Waals surface area contributed by atoms with Crippen molar-refractivity contribution in [3.05, 3.63) is 12.3 Å². The van der Waals surface area contributed by atoms with Crippen LogP contribution in [0.25, 0.3) is 0 Å². The summed E-state index contributed by atoms with van der Waals surface area (Å²) in [7, 11) is 0. The minimum atomic E-state index is 0.0231. The Hall–Kier alpha value is -0.300. The van der Waals surface area contributed by atoms with Crippen molar-refractivity contribution in [3.8, 4) is 0 Å². The van der Waals surface area contributed by atoms with Gasteiger partial charge in [-0.3, -0.25) is 0 Å². The molecule has 0 aromatic carbocycles. The molecule has 0 aliphatic carbocycles. The summed E-state index contributed by atoms with van der Waals surface area (Å²) >= 11 is 5.76. The Morgan fingerprint density at radius 1 is 1.45 bits per heavy atom. The lowest BCUT2D eigenvalue weighted by atomic mass is 9.93. The fraction of sp³-hybridized carbons (Fsp3) is 0.667.